The molecular weight excluding hydrogens is 268 g/mol. The van der Waals surface area contributed by atoms with E-state index in [1.165, 1.54) is 0 Å². The number of carbonyl (C=O) groups is 1. The minimum atomic E-state index is -0.489. The average Bonchev–Trinajstić information content (AvgIpc) is 2.44. The first-order valence-corrected chi connectivity index (χ1v) is 7.34. The number of benzene rings is 1. The van der Waals surface area contributed by atoms with Gasteiger partial charge in [0.05, 0.1) is 5.54 Å². The van der Waals surface area contributed by atoms with Gasteiger partial charge in [-0.05, 0) is 37.5 Å². The summed E-state index contributed by atoms with van der Waals surface area (Å²) in [7, 11) is 0. The number of hydrogen-bond donors (Lipinski definition) is 2. The Bertz CT molecular complexity index is 512. The molecule has 0 aromatic heterocycles. The second-order valence-corrected chi connectivity index (χ2v) is 6.21. The van der Waals surface area contributed by atoms with E-state index in [9.17, 15) is 4.79 Å². The van der Waals surface area contributed by atoms with Crippen LogP contribution >= 0.6 is 0 Å². The highest BCUT2D eigenvalue weighted by Gasteiger charge is 2.25. The predicted molar refractivity (Wildman–Crippen MR) is 81.8 cm³/mol. The van der Waals surface area contributed by atoms with Gasteiger partial charge in [-0.1, -0.05) is 19.9 Å². The van der Waals surface area contributed by atoms with E-state index in [0.29, 0.717) is 25.7 Å². The van der Waals surface area contributed by atoms with E-state index in [0.717, 1.165) is 17.1 Å². The number of carbonyl (C=O) groups excluding carboxylic acids is 1. The van der Waals surface area contributed by atoms with Gasteiger partial charge in [0.15, 0.2) is 11.5 Å². The Morgan fingerprint density at radius 1 is 1.24 bits per heavy atom. The molecule has 0 unspecified atom stereocenters. The molecule has 1 heterocycles. The summed E-state index contributed by atoms with van der Waals surface area (Å²) >= 11 is 0. The van der Waals surface area contributed by atoms with E-state index < -0.39 is 5.54 Å². The molecule has 0 saturated carbocycles. The Morgan fingerprint density at radius 2 is 1.90 bits per heavy atom. The molecule has 0 bridgehead atoms. The van der Waals surface area contributed by atoms with E-state index >= 15 is 0 Å². The molecule has 0 fully saturated rings. The van der Waals surface area contributed by atoms with Gasteiger partial charge < -0.3 is 20.1 Å². The zero-order valence-corrected chi connectivity index (χ0v) is 13.2. The van der Waals surface area contributed by atoms with E-state index in [1.54, 1.807) is 0 Å². The molecule has 1 aliphatic heterocycles. The van der Waals surface area contributed by atoms with Crippen molar-refractivity contribution in [3.63, 3.8) is 0 Å². The molecule has 116 valence electrons. The standard InChI is InChI=1S/C16H24N2O3/c1-11(2)10-17-15(19)18-16(3,4)12-5-6-13-14(9-12)21-8-7-20-13/h5-6,9,11H,7-8,10H2,1-4H3,(H2,17,18,19). The van der Waals surface area contributed by atoms with Crippen molar-refractivity contribution in [2.75, 3.05) is 19.8 Å². The summed E-state index contributed by atoms with van der Waals surface area (Å²) in [4.78, 5) is 11.9. The number of urea groups is 1. The van der Waals surface area contributed by atoms with Crippen molar-refractivity contribution in [1.82, 2.24) is 10.6 Å². The maximum Gasteiger partial charge on any atom is 0.315 e. The smallest absolute Gasteiger partial charge is 0.315 e. The van der Waals surface area contributed by atoms with E-state index in [4.69, 9.17) is 9.47 Å². The molecule has 5 heteroatoms. The van der Waals surface area contributed by atoms with Crippen LogP contribution < -0.4 is 20.1 Å². The third-order valence-corrected chi connectivity index (χ3v) is 3.36. The van der Waals surface area contributed by atoms with Crippen molar-refractivity contribution in [3.05, 3.63) is 23.8 Å². The van der Waals surface area contributed by atoms with Crippen LogP contribution in [0.15, 0.2) is 18.2 Å². The first-order chi connectivity index (χ1) is 9.88. The minimum Gasteiger partial charge on any atom is -0.486 e. The lowest BCUT2D eigenvalue weighted by Gasteiger charge is -2.29. The Balaban J connectivity index is 2.06. The molecule has 5 nitrogen and oxygen atoms in total. The SMILES string of the molecule is CC(C)CNC(=O)NC(C)(C)c1ccc2c(c1)OCCO2. The van der Waals surface area contributed by atoms with Gasteiger partial charge in [-0.2, -0.15) is 0 Å². The van der Waals surface area contributed by atoms with Crippen molar-refractivity contribution in [1.29, 1.82) is 0 Å². The number of rotatable bonds is 4. The summed E-state index contributed by atoms with van der Waals surface area (Å²) < 4.78 is 11.1. The molecule has 1 aromatic carbocycles. The first kappa shape index (κ1) is 15.5. The first-order valence-electron chi connectivity index (χ1n) is 7.34. The molecule has 2 rings (SSSR count). The highest BCUT2D eigenvalue weighted by atomic mass is 16.6. The van der Waals surface area contributed by atoms with Gasteiger partial charge in [0.1, 0.15) is 13.2 Å². The van der Waals surface area contributed by atoms with Crippen LogP contribution in [0.2, 0.25) is 0 Å². The summed E-state index contributed by atoms with van der Waals surface area (Å²) in [6.45, 7) is 9.84. The lowest BCUT2D eigenvalue weighted by Crippen LogP contribution is -2.47. The molecule has 0 radical (unpaired) electrons. The van der Waals surface area contributed by atoms with Gasteiger partial charge in [0.2, 0.25) is 0 Å². The lowest BCUT2D eigenvalue weighted by atomic mass is 9.94. The summed E-state index contributed by atoms with van der Waals surface area (Å²) in [5, 5.41) is 5.85. The van der Waals surface area contributed by atoms with Crippen LogP contribution in [0, 0.1) is 5.92 Å². The van der Waals surface area contributed by atoms with E-state index in [1.807, 2.05) is 32.0 Å². The Morgan fingerprint density at radius 3 is 2.57 bits per heavy atom. The molecule has 0 aliphatic carbocycles. The zero-order chi connectivity index (χ0) is 15.5. The van der Waals surface area contributed by atoms with Crippen LogP contribution in [0.1, 0.15) is 33.3 Å². The fourth-order valence-corrected chi connectivity index (χ4v) is 2.13. The van der Waals surface area contributed by atoms with Crippen LogP contribution in [-0.2, 0) is 5.54 Å². The third kappa shape index (κ3) is 4.03. The Hall–Kier alpha value is -1.91. The summed E-state index contributed by atoms with van der Waals surface area (Å²) in [5.74, 6) is 1.91. The Labute approximate surface area is 126 Å². The Kier molecular flexibility index (Phi) is 4.60. The molecule has 0 spiro atoms. The number of amides is 2. The molecule has 21 heavy (non-hydrogen) atoms. The topological polar surface area (TPSA) is 59.6 Å². The second-order valence-electron chi connectivity index (χ2n) is 6.21. The molecule has 1 aromatic rings. The van der Waals surface area contributed by atoms with Gasteiger partial charge in [0.25, 0.3) is 0 Å². The van der Waals surface area contributed by atoms with Crippen molar-refractivity contribution in [2.45, 2.75) is 33.2 Å². The highest BCUT2D eigenvalue weighted by Crippen LogP contribution is 2.34. The molecule has 0 saturated heterocycles. The fraction of sp³-hybridized carbons (Fsp3) is 0.562. The quantitative estimate of drug-likeness (QED) is 0.897. The monoisotopic (exact) mass is 292 g/mol. The molecule has 0 atom stereocenters. The lowest BCUT2D eigenvalue weighted by molar-refractivity contribution is 0.171. The summed E-state index contributed by atoms with van der Waals surface area (Å²) in [5.41, 5.74) is 0.489. The minimum absolute atomic E-state index is 0.163. The number of fused-ring (bicyclic) bond motifs is 1. The van der Waals surface area contributed by atoms with Crippen molar-refractivity contribution in [3.8, 4) is 11.5 Å². The highest BCUT2D eigenvalue weighted by molar-refractivity contribution is 5.75. The zero-order valence-electron chi connectivity index (χ0n) is 13.2. The van der Waals surface area contributed by atoms with Crippen LogP contribution in [0.4, 0.5) is 4.79 Å². The molecule has 1 aliphatic rings. The number of nitrogens with one attached hydrogen (secondary N) is 2. The fourth-order valence-electron chi connectivity index (χ4n) is 2.13. The van der Waals surface area contributed by atoms with Gasteiger partial charge in [-0.25, -0.2) is 4.79 Å². The molecule has 2 amide bonds. The second kappa shape index (κ2) is 6.24. The number of ether oxygens (including phenoxy) is 2. The van der Waals surface area contributed by atoms with Crippen LogP contribution in [0.3, 0.4) is 0 Å². The number of hydrogen-bond acceptors (Lipinski definition) is 3. The van der Waals surface area contributed by atoms with Crippen molar-refractivity contribution < 1.29 is 14.3 Å². The van der Waals surface area contributed by atoms with Crippen molar-refractivity contribution >= 4 is 6.03 Å². The van der Waals surface area contributed by atoms with Crippen LogP contribution in [0.5, 0.6) is 11.5 Å². The largest absolute Gasteiger partial charge is 0.486 e. The summed E-state index contributed by atoms with van der Waals surface area (Å²) in [6, 6.07) is 5.61. The maximum absolute atomic E-state index is 11.9. The van der Waals surface area contributed by atoms with E-state index in [-0.39, 0.29) is 6.03 Å². The molecular formula is C16H24N2O3. The average molecular weight is 292 g/mol. The summed E-state index contributed by atoms with van der Waals surface area (Å²) in [6.07, 6.45) is 0. The molecule has 2 N–H and O–H groups in total. The van der Waals surface area contributed by atoms with Crippen LogP contribution in [0.25, 0.3) is 0 Å². The third-order valence-electron chi connectivity index (χ3n) is 3.36. The van der Waals surface area contributed by atoms with Crippen LogP contribution in [-0.4, -0.2) is 25.8 Å². The van der Waals surface area contributed by atoms with Crippen molar-refractivity contribution in [2.24, 2.45) is 5.92 Å². The van der Waals surface area contributed by atoms with E-state index in [2.05, 4.69) is 24.5 Å². The maximum atomic E-state index is 11.9. The van der Waals surface area contributed by atoms with Gasteiger partial charge in [-0.3, -0.25) is 0 Å². The van der Waals surface area contributed by atoms with Gasteiger partial charge >= 0.3 is 6.03 Å². The van der Waals surface area contributed by atoms with Gasteiger partial charge in [-0.15, -0.1) is 0 Å². The normalized spacial score (nSPS) is 14.0. The van der Waals surface area contributed by atoms with Gasteiger partial charge in [0, 0.05) is 6.54 Å². The predicted octanol–water partition coefficient (Wildman–Crippen LogP) is 2.65.